The van der Waals surface area contributed by atoms with Gasteiger partial charge in [0.15, 0.2) is 0 Å². The van der Waals surface area contributed by atoms with Crippen LogP contribution in [0.4, 0.5) is 0 Å². The fourth-order valence-corrected chi connectivity index (χ4v) is 4.62. The predicted molar refractivity (Wildman–Crippen MR) is 102 cm³/mol. The quantitative estimate of drug-likeness (QED) is 0.725. The largest absolute Gasteiger partial charge is 0.302 e. The zero-order valence-corrected chi connectivity index (χ0v) is 15.4. The summed E-state index contributed by atoms with van der Waals surface area (Å²) in [7, 11) is 0. The van der Waals surface area contributed by atoms with Gasteiger partial charge in [0.2, 0.25) is 0 Å². The highest BCUT2D eigenvalue weighted by Crippen LogP contribution is 2.44. The standard InChI is InChI=1S/C21H21Cl2NO/c22-15-9-5-13(6-10-15)19-17-3-1-2-4-18(21(17)25)20(24-19)14-7-11-16(23)12-8-14/h5-12,17-20,24H,1-4H2. The molecule has 1 saturated heterocycles. The molecule has 2 aromatic rings. The highest BCUT2D eigenvalue weighted by molar-refractivity contribution is 6.30. The lowest BCUT2D eigenvalue weighted by molar-refractivity contribution is -0.131. The minimum Gasteiger partial charge on any atom is -0.302 e. The zero-order chi connectivity index (χ0) is 17.4. The number of benzene rings is 2. The number of ketones is 1. The van der Waals surface area contributed by atoms with Crippen molar-refractivity contribution in [3.63, 3.8) is 0 Å². The van der Waals surface area contributed by atoms with E-state index in [2.05, 4.69) is 5.32 Å². The van der Waals surface area contributed by atoms with Crippen molar-refractivity contribution in [2.75, 3.05) is 0 Å². The first-order valence-electron chi connectivity index (χ1n) is 8.94. The van der Waals surface area contributed by atoms with Crippen LogP contribution in [0.5, 0.6) is 0 Å². The average molecular weight is 374 g/mol. The number of halogens is 2. The molecule has 4 unspecified atom stereocenters. The Morgan fingerprint density at radius 2 is 1.12 bits per heavy atom. The molecule has 130 valence electrons. The molecule has 0 amide bonds. The van der Waals surface area contributed by atoms with E-state index >= 15 is 0 Å². The lowest BCUT2D eigenvalue weighted by Gasteiger charge is -2.41. The van der Waals surface area contributed by atoms with Crippen molar-refractivity contribution < 1.29 is 4.79 Å². The van der Waals surface area contributed by atoms with Gasteiger partial charge in [0, 0.05) is 34.0 Å². The third kappa shape index (κ3) is 3.36. The van der Waals surface area contributed by atoms with Crippen LogP contribution in [0.3, 0.4) is 0 Å². The lowest BCUT2D eigenvalue weighted by Crippen LogP contribution is -2.47. The van der Waals surface area contributed by atoms with Gasteiger partial charge < -0.3 is 5.32 Å². The topological polar surface area (TPSA) is 29.1 Å². The second kappa shape index (κ2) is 7.11. The van der Waals surface area contributed by atoms with Crippen LogP contribution in [0.2, 0.25) is 10.0 Å². The highest BCUT2D eigenvalue weighted by atomic mass is 35.5. The normalized spacial score (nSPS) is 29.3. The number of piperidine rings is 1. The monoisotopic (exact) mass is 373 g/mol. The van der Waals surface area contributed by atoms with E-state index in [-0.39, 0.29) is 23.9 Å². The van der Waals surface area contributed by atoms with Gasteiger partial charge in [-0.3, -0.25) is 4.79 Å². The van der Waals surface area contributed by atoms with Gasteiger partial charge in [-0.05, 0) is 48.2 Å². The predicted octanol–water partition coefficient (Wildman–Crippen LogP) is 5.75. The molecule has 4 heteroatoms. The molecule has 25 heavy (non-hydrogen) atoms. The molecule has 1 N–H and O–H groups in total. The van der Waals surface area contributed by atoms with Gasteiger partial charge in [0.05, 0.1) is 0 Å². The Morgan fingerprint density at radius 3 is 1.52 bits per heavy atom. The van der Waals surface area contributed by atoms with Crippen molar-refractivity contribution in [2.24, 2.45) is 11.8 Å². The Balaban J connectivity index is 1.73. The van der Waals surface area contributed by atoms with Gasteiger partial charge in [0.25, 0.3) is 0 Å². The zero-order valence-electron chi connectivity index (χ0n) is 13.9. The third-order valence-corrected chi connectivity index (χ3v) is 6.14. The van der Waals surface area contributed by atoms with Crippen molar-refractivity contribution in [3.8, 4) is 0 Å². The van der Waals surface area contributed by atoms with Crippen LogP contribution in [0.25, 0.3) is 0 Å². The molecule has 2 aliphatic rings. The summed E-state index contributed by atoms with van der Waals surface area (Å²) in [6, 6.07) is 15.9. The Labute approximate surface area is 158 Å². The molecule has 1 heterocycles. The first-order valence-corrected chi connectivity index (χ1v) is 9.70. The van der Waals surface area contributed by atoms with Crippen LogP contribution in [0.1, 0.15) is 48.9 Å². The maximum atomic E-state index is 13.2. The molecule has 0 aromatic heterocycles. The molecule has 0 radical (unpaired) electrons. The van der Waals surface area contributed by atoms with Gasteiger partial charge in [-0.2, -0.15) is 0 Å². The van der Waals surface area contributed by atoms with E-state index < -0.39 is 0 Å². The Kier molecular flexibility index (Phi) is 4.86. The third-order valence-electron chi connectivity index (χ3n) is 5.63. The first kappa shape index (κ1) is 17.1. The summed E-state index contributed by atoms with van der Waals surface area (Å²) in [6.45, 7) is 0. The van der Waals surface area contributed by atoms with Crippen molar-refractivity contribution >= 4 is 29.0 Å². The van der Waals surface area contributed by atoms with E-state index in [4.69, 9.17) is 23.2 Å². The molecule has 4 atom stereocenters. The molecule has 4 rings (SSSR count). The summed E-state index contributed by atoms with van der Waals surface area (Å²) in [6.07, 6.45) is 4.16. The summed E-state index contributed by atoms with van der Waals surface area (Å²) in [5.41, 5.74) is 2.28. The number of nitrogens with one attached hydrogen (secondary N) is 1. The molecule has 2 fully saturated rings. The maximum Gasteiger partial charge on any atom is 0.142 e. The van der Waals surface area contributed by atoms with E-state index in [0.29, 0.717) is 5.78 Å². The van der Waals surface area contributed by atoms with Gasteiger partial charge >= 0.3 is 0 Å². The number of hydrogen-bond donors (Lipinski definition) is 1. The van der Waals surface area contributed by atoms with Crippen molar-refractivity contribution in [1.29, 1.82) is 0 Å². The number of Topliss-reactive ketones (excluding diaryl/α,β-unsaturated/α-hetero) is 1. The Hall–Kier alpha value is -1.35. The van der Waals surface area contributed by atoms with E-state index in [1.807, 2.05) is 48.5 Å². The molecule has 2 bridgehead atoms. The molecule has 0 spiro atoms. The number of rotatable bonds is 2. The smallest absolute Gasteiger partial charge is 0.142 e. The molecule has 2 aromatic carbocycles. The summed E-state index contributed by atoms with van der Waals surface area (Å²) in [5, 5.41) is 5.23. The van der Waals surface area contributed by atoms with E-state index in [1.54, 1.807) is 0 Å². The fraction of sp³-hybridized carbons (Fsp3) is 0.381. The van der Waals surface area contributed by atoms with Crippen molar-refractivity contribution in [3.05, 3.63) is 69.7 Å². The van der Waals surface area contributed by atoms with Gasteiger partial charge in [-0.25, -0.2) is 0 Å². The van der Waals surface area contributed by atoms with Crippen molar-refractivity contribution in [1.82, 2.24) is 5.32 Å². The molecule has 2 nitrogen and oxygen atoms in total. The number of carbonyl (C=O) groups excluding carboxylic acids is 1. The molecular formula is C21H21Cl2NO. The second-order valence-electron chi connectivity index (χ2n) is 7.12. The van der Waals surface area contributed by atoms with Crippen LogP contribution in [-0.4, -0.2) is 5.78 Å². The van der Waals surface area contributed by atoms with Gasteiger partial charge in [-0.15, -0.1) is 0 Å². The molecule has 1 saturated carbocycles. The minimum absolute atomic E-state index is 0.0415. The number of fused-ring (bicyclic) bond motifs is 2. The van der Waals surface area contributed by atoms with Gasteiger partial charge in [0.1, 0.15) is 5.78 Å². The van der Waals surface area contributed by atoms with Gasteiger partial charge in [-0.1, -0.05) is 60.3 Å². The van der Waals surface area contributed by atoms with Crippen LogP contribution in [-0.2, 0) is 4.79 Å². The van der Waals surface area contributed by atoms with Crippen LogP contribution < -0.4 is 5.32 Å². The van der Waals surface area contributed by atoms with Crippen LogP contribution >= 0.6 is 23.2 Å². The highest BCUT2D eigenvalue weighted by Gasteiger charge is 2.45. The van der Waals surface area contributed by atoms with E-state index in [0.717, 1.165) is 46.9 Å². The van der Waals surface area contributed by atoms with Crippen molar-refractivity contribution in [2.45, 2.75) is 37.8 Å². The summed E-state index contributed by atoms with van der Waals surface area (Å²) in [5.74, 6) is 0.519. The first-order chi connectivity index (χ1) is 12.1. The van der Waals surface area contributed by atoms with Crippen LogP contribution in [0, 0.1) is 11.8 Å². The average Bonchev–Trinajstić information content (AvgIpc) is 2.74. The molecule has 1 aliphatic heterocycles. The van der Waals surface area contributed by atoms with Crippen LogP contribution in [0.15, 0.2) is 48.5 Å². The second-order valence-corrected chi connectivity index (χ2v) is 8.00. The lowest BCUT2D eigenvalue weighted by atomic mass is 9.74. The summed E-state index contributed by atoms with van der Waals surface area (Å²) >= 11 is 12.1. The van der Waals surface area contributed by atoms with E-state index in [1.165, 1.54) is 0 Å². The molecule has 1 aliphatic carbocycles. The SMILES string of the molecule is O=C1C2CCCCC1C(c1ccc(Cl)cc1)NC2c1ccc(Cl)cc1. The number of hydrogen-bond acceptors (Lipinski definition) is 2. The summed E-state index contributed by atoms with van der Waals surface area (Å²) < 4.78 is 0. The Bertz CT molecular complexity index is 693. The number of carbonyl (C=O) groups is 1. The maximum absolute atomic E-state index is 13.2. The molecular weight excluding hydrogens is 353 g/mol. The fourth-order valence-electron chi connectivity index (χ4n) is 4.37. The summed E-state index contributed by atoms with van der Waals surface area (Å²) in [4.78, 5) is 13.2. The van der Waals surface area contributed by atoms with E-state index in [9.17, 15) is 4.79 Å². The minimum atomic E-state index is 0.0415. The Morgan fingerprint density at radius 1 is 0.720 bits per heavy atom.